The van der Waals surface area contributed by atoms with E-state index in [1.54, 1.807) is 0 Å². The van der Waals surface area contributed by atoms with Crippen LogP contribution in [0.15, 0.2) is 48.5 Å². The maximum absolute atomic E-state index is 13.2. The second-order valence-corrected chi connectivity index (χ2v) is 9.70. The lowest BCUT2D eigenvalue weighted by Gasteiger charge is -2.32. The van der Waals surface area contributed by atoms with Crippen molar-refractivity contribution in [3.8, 4) is 11.1 Å². The summed E-state index contributed by atoms with van der Waals surface area (Å²) >= 11 is 0. The van der Waals surface area contributed by atoms with E-state index < -0.39 is 17.6 Å². The van der Waals surface area contributed by atoms with Gasteiger partial charge in [0, 0.05) is 25.0 Å². The molecule has 3 N–H and O–H groups in total. The van der Waals surface area contributed by atoms with Crippen molar-refractivity contribution in [1.29, 1.82) is 0 Å². The Morgan fingerprint density at radius 2 is 1.60 bits per heavy atom. The summed E-state index contributed by atoms with van der Waals surface area (Å²) < 4.78 is 11.1. The van der Waals surface area contributed by atoms with Crippen molar-refractivity contribution in [2.75, 3.05) is 19.8 Å². The fraction of sp³-hybridized carbons (Fsp3) is 0.444. The predicted molar refractivity (Wildman–Crippen MR) is 128 cm³/mol. The lowest BCUT2D eigenvalue weighted by atomic mass is 9.85. The van der Waals surface area contributed by atoms with Crippen LogP contribution in [0.25, 0.3) is 11.1 Å². The molecule has 1 aliphatic heterocycles. The fourth-order valence-corrected chi connectivity index (χ4v) is 5.54. The average Bonchev–Trinajstić information content (AvgIpc) is 3.47. The molecule has 2 amide bonds. The summed E-state index contributed by atoms with van der Waals surface area (Å²) in [5.41, 5.74) is 3.35. The number of hydrogen-bond donors (Lipinski definition) is 3. The van der Waals surface area contributed by atoms with Crippen LogP contribution >= 0.6 is 0 Å². The second-order valence-electron chi connectivity index (χ2n) is 9.70. The summed E-state index contributed by atoms with van der Waals surface area (Å²) in [6.45, 7) is 0.605. The minimum atomic E-state index is -1.19. The van der Waals surface area contributed by atoms with Gasteiger partial charge in [-0.15, -0.1) is 0 Å². The molecule has 1 saturated carbocycles. The van der Waals surface area contributed by atoms with E-state index in [2.05, 4.69) is 34.9 Å². The Labute approximate surface area is 204 Å². The summed E-state index contributed by atoms with van der Waals surface area (Å²) in [7, 11) is 0. The van der Waals surface area contributed by atoms with E-state index in [9.17, 15) is 19.5 Å². The monoisotopic (exact) mass is 478 g/mol. The Morgan fingerprint density at radius 3 is 2.17 bits per heavy atom. The van der Waals surface area contributed by atoms with Crippen molar-refractivity contribution in [3.05, 3.63) is 59.7 Å². The zero-order chi connectivity index (χ0) is 24.4. The minimum Gasteiger partial charge on any atom is -0.481 e. The molecule has 0 aromatic heterocycles. The van der Waals surface area contributed by atoms with Crippen LogP contribution in [0.3, 0.4) is 0 Å². The van der Waals surface area contributed by atoms with Crippen LogP contribution in [0, 0.1) is 5.92 Å². The average molecular weight is 479 g/mol. The number of aliphatic carboxylic acids is 1. The summed E-state index contributed by atoms with van der Waals surface area (Å²) in [5, 5.41) is 15.0. The van der Waals surface area contributed by atoms with Gasteiger partial charge in [0.1, 0.15) is 12.1 Å². The molecule has 1 heterocycles. The molecule has 1 atom stereocenters. The molecule has 2 aromatic rings. The minimum absolute atomic E-state index is 0.0674. The third-order valence-electron chi connectivity index (χ3n) is 7.55. The highest BCUT2D eigenvalue weighted by Crippen LogP contribution is 2.44. The molecule has 0 radical (unpaired) electrons. The number of nitrogens with one attached hydrogen (secondary N) is 2. The first-order valence-electron chi connectivity index (χ1n) is 12.2. The zero-order valence-corrected chi connectivity index (χ0v) is 19.5. The van der Waals surface area contributed by atoms with Crippen molar-refractivity contribution in [2.24, 2.45) is 5.92 Å². The molecule has 184 valence electrons. The number of amides is 2. The molecule has 2 aliphatic carbocycles. The Kier molecular flexibility index (Phi) is 6.47. The van der Waals surface area contributed by atoms with Gasteiger partial charge in [-0.3, -0.25) is 9.59 Å². The number of hydrogen-bond acceptors (Lipinski definition) is 5. The third kappa shape index (κ3) is 4.62. The van der Waals surface area contributed by atoms with Crippen molar-refractivity contribution in [3.63, 3.8) is 0 Å². The molecule has 3 aliphatic rings. The highest BCUT2D eigenvalue weighted by Gasteiger charge is 2.45. The smallest absolute Gasteiger partial charge is 0.408 e. The predicted octanol–water partition coefficient (Wildman–Crippen LogP) is 3.44. The van der Waals surface area contributed by atoms with E-state index >= 15 is 0 Å². The molecule has 1 unspecified atom stereocenters. The molecule has 8 nitrogen and oxygen atoms in total. The highest BCUT2D eigenvalue weighted by molar-refractivity contribution is 5.90. The maximum atomic E-state index is 13.2. The zero-order valence-electron chi connectivity index (χ0n) is 19.5. The summed E-state index contributed by atoms with van der Waals surface area (Å²) in [5.74, 6) is -1.51. The highest BCUT2D eigenvalue weighted by atomic mass is 16.6. The van der Waals surface area contributed by atoms with E-state index in [4.69, 9.17) is 9.47 Å². The van der Waals surface area contributed by atoms with E-state index in [0.717, 1.165) is 22.3 Å². The summed E-state index contributed by atoms with van der Waals surface area (Å²) in [6, 6.07) is 16.1. The van der Waals surface area contributed by atoms with E-state index in [0.29, 0.717) is 38.7 Å². The SMILES string of the molecule is O=C(NC1(C(=O)NC2CCC(C(=O)O)CC2)CCOC1)OCC1c2ccccc2-c2ccccc21. The van der Waals surface area contributed by atoms with E-state index in [1.807, 2.05) is 24.3 Å². The molecule has 0 spiro atoms. The maximum Gasteiger partial charge on any atom is 0.408 e. The Balaban J connectivity index is 1.21. The number of fused-ring (bicyclic) bond motifs is 3. The molecule has 1 saturated heterocycles. The quantitative estimate of drug-likeness (QED) is 0.586. The first kappa shape index (κ1) is 23.4. The van der Waals surface area contributed by atoms with Gasteiger partial charge in [0.15, 0.2) is 0 Å². The Morgan fingerprint density at radius 1 is 0.971 bits per heavy atom. The number of benzene rings is 2. The van der Waals surface area contributed by atoms with Gasteiger partial charge < -0.3 is 25.2 Å². The summed E-state index contributed by atoms with van der Waals surface area (Å²) in [6.07, 6.45) is 1.97. The van der Waals surface area contributed by atoms with Crippen LogP contribution in [-0.2, 0) is 19.1 Å². The first-order valence-corrected chi connectivity index (χ1v) is 12.2. The van der Waals surface area contributed by atoms with Gasteiger partial charge in [0.05, 0.1) is 12.5 Å². The van der Waals surface area contributed by atoms with Crippen LogP contribution in [0.1, 0.15) is 49.1 Å². The molecular formula is C27H30N2O6. The van der Waals surface area contributed by atoms with Crippen LogP contribution in [-0.4, -0.2) is 54.5 Å². The van der Waals surface area contributed by atoms with Gasteiger partial charge in [-0.05, 0) is 47.9 Å². The number of alkyl carbamates (subject to hydrolysis) is 1. The molecule has 0 bridgehead atoms. The molecular weight excluding hydrogens is 448 g/mol. The Hall–Kier alpha value is -3.39. The number of carboxylic acid groups (broad SMARTS) is 1. The number of carboxylic acids is 1. The van der Waals surface area contributed by atoms with Gasteiger partial charge in [-0.1, -0.05) is 48.5 Å². The van der Waals surface area contributed by atoms with Crippen molar-refractivity contribution < 1.29 is 29.0 Å². The molecule has 2 fully saturated rings. The van der Waals surface area contributed by atoms with Crippen molar-refractivity contribution in [1.82, 2.24) is 10.6 Å². The standard InChI is InChI=1S/C27H30N2O6/c30-24(31)17-9-11-18(12-10-17)28-25(32)27(13-14-34-16-27)29-26(33)35-15-23-21-7-3-1-5-19(21)20-6-2-4-8-22(20)23/h1-8,17-18,23H,9-16H2,(H,28,32)(H,29,33)(H,30,31). The second kappa shape index (κ2) is 9.70. The third-order valence-corrected chi connectivity index (χ3v) is 7.55. The van der Waals surface area contributed by atoms with Crippen LogP contribution < -0.4 is 10.6 Å². The summed E-state index contributed by atoms with van der Waals surface area (Å²) in [4.78, 5) is 37.3. The molecule has 8 heteroatoms. The number of carbonyl (C=O) groups excluding carboxylic acids is 2. The van der Waals surface area contributed by atoms with E-state index in [-0.39, 0.29) is 37.0 Å². The van der Waals surface area contributed by atoms with Crippen LogP contribution in [0.2, 0.25) is 0 Å². The molecule has 35 heavy (non-hydrogen) atoms. The number of carbonyl (C=O) groups is 3. The van der Waals surface area contributed by atoms with Crippen LogP contribution in [0.4, 0.5) is 4.79 Å². The molecule has 5 rings (SSSR count). The van der Waals surface area contributed by atoms with Gasteiger partial charge in [-0.25, -0.2) is 4.79 Å². The van der Waals surface area contributed by atoms with Gasteiger partial charge in [-0.2, -0.15) is 0 Å². The van der Waals surface area contributed by atoms with Gasteiger partial charge in [0.2, 0.25) is 5.91 Å². The largest absolute Gasteiger partial charge is 0.481 e. The van der Waals surface area contributed by atoms with Crippen molar-refractivity contribution in [2.45, 2.75) is 49.6 Å². The molecule has 2 aromatic carbocycles. The van der Waals surface area contributed by atoms with Gasteiger partial charge >= 0.3 is 12.1 Å². The lowest BCUT2D eigenvalue weighted by molar-refractivity contribution is -0.142. The van der Waals surface area contributed by atoms with Gasteiger partial charge in [0.25, 0.3) is 0 Å². The van der Waals surface area contributed by atoms with Crippen molar-refractivity contribution >= 4 is 18.0 Å². The first-order chi connectivity index (χ1) is 17.0. The number of rotatable bonds is 6. The fourth-order valence-electron chi connectivity index (χ4n) is 5.54. The normalized spacial score (nSPS) is 25.4. The lowest BCUT2D eigenvalue weighted by Crippen LogP contribution is -2.61. The van der Waals surface area contributed by atoms with Crippen LogP contribution in [0.5, 0.6) is 0 Å². The Bertz CT molecular complexity index is 1070. The number of ether oxygens (including phenoxy) is 2. The van der Waals surface area contributed by atoms with E-state index in [1.165, 1.54) is 0 Å². The topological polar surface area (TPSA) is 114 Å².